The molecule has 0 aliphatic carbocycles. The van der Waals surface area contributed by atoms with E-state index in [1.165, 1.54) is 0 Å². The molecule has 0 radical (unpaired) electrons. The van der Waals surface area contributed by atoms with Gasteiger partial charge in [-0.05, 0) is 51.8 Å². The van der Waals surface area contributed by atoms with Gasteiger partial charge in [0.15, 0.2) is 0 Å². The molecule has 1 N–H and O–H groups in total. The zero-order chi connectivity index (χ0) is 15.4. The van der Waals surface area contributed by atoms with Crippen LogP contribution in [0.4, 0.5) is 0 Å². The summed E-state index contributed by atoms with van der Waals surface area (Å²) in [5.41, 5.74) is 1.34. The average Bonchev–Trinajstić information content (AvgIpc) is 2.46. The van der Waals surface area contributed by atoms with E-state index in [-0.39, 0.29) is 5.91 Å². The van der Waals surface area contributed by atoms with Crippen molar-refractivity contribution in [1.29, 1.82) is 0 Å². The Hall–Kier alpha value is -1.23. The van der Waals surface area contributed by atoms with Crippen molar-refractivity contribution in [3.8, 4) is 5.75 Å². The normalized spacial score (nSPS) is 10.3. The molecule has 6 heteroatoms. The van der Waals surface area contributed by atoms with Gasteiger partial charge in [-0.15, -0.1) is 0 Å². The molecule has 1 amide bonds. The lowest BCUT2D eigenvalue weighted by Gasteiger charge is -2.09. The lowest BCUT2D eigenvalue weighted by Crippen LogP contribution is -2.22. The molecule has 2 aromatic carbocycles. The lowest BCUT2D eigenvalue weighted by atomic mass is 10.2. The second-order valence-electron chi connectivity index (χ2n) is 4.27. The topological polar surface area (TPSA) is 38.3 Å². The van der Waals surface area contributed by atoms with Crippen LogP contribution in [0.1, 0.15) is 15.9 Å². The molecular weight excluding hydrogens is 377 g/mol. The van der Waals surface area contributed by atoms with E-state index in [1.54, 1.807) is 43.5 Å². The third kappa shape index (κ3) is 4.13. The number of rotatable bonds is 4. The summed E-state index contributed by atoms with van der Waals surface area (Å²) in [7, 11) is 1.57. The Morgan fingerprint density at radius 1 is 1.24 bits per heavy atom. The largest absolute Gasteiger partial charge is 0.496 e. The van der Waals surface area contributed by atoms with Crippen LogP contribution in [0.2, 0.25) is 10.0 Å². The van der Waals surface area contributed by atoms with E-state index in [9.17, 15) is 4.79 Å². The molecule has 2 aromatic rings. The minimum Gasteiger partial charge on any atom is -0.496 e. The highest BCUT2D eigenvalue weighted by atomic mass is 79.9. The molecule has 21 heavy (non-hydrogen) atoms. The van der Waals surface area contributed by atoms with Crippen molar-refractivity contribution in [3.63, 3.8) is 0 Å². The van der Waals surface area contributed by atoms with Gasteiger partial charge in [0.1, 0.15) is 5.75 Å². The summed E-state index contributed by atoms with van der Waals surface area (Å²) >= 11 is 15.2. The number of halogens is 3. The van der Waals surface area contributed by atoms with Gasteiger partial charge in [0.25, 0.3) is 5.91 Å². The SMILES string of the molecule is COc1ccc(C(=O)NCc2ccc(Cl)cc2Cl)cc1Br. The van der Waals surface area contributed by atoms with E-state index in [0.717, 1.165) is 10.0 Å². The van der Waals surface area contributed by atoms with Crippen LogP contribution in [-0.4, -0.2) is 13.0 Å². The van der Waals surface area contributed by atoms with Crippen LogP contribution < -0.4 is 10.1 Å². The first kappa shape index (κ1) is 16.1. The number of carbonyl (C=O) groups is 1. The fourth-order valence-electron chi connectivity index (χ4n) is 1.75. The minimum atomic E-state index is -0.190. The van der Waals surface area contributed by atoms with Gasteiger partial charge in [0.05, 0.1) is 11.6 Å². The second-order valence-corrected chi connectivity index (χ2v) is 5.97. The maximum Gasteiger partial charge on any atom is 0.251 e. The number of ether oxygens (including phenoxy) is 1. The Kier molecular flexibility index (Phi) is 5.51. The van der Waals surface area contributed by atoms with Crippen molar-refractivity contribution >= 4 is 45.0 Å². The number of nitrogens with one attached hydrogen (secondary N) is 1. The number of methoxy groups -OCH3 is 1. The zero-order valence-corrected chi connectivity index (χ0v) is 14.2. The quantitative estimate of drug-likeness (QED) is 0.824. The van der Waals surface area contributed by atoms with Crippen molar-refractivity contribution in [3.05, 3.63) is 62.0 Å². The summed E-state index contributed by atoms with van der Waals surface area (Å²) in [6, 6.07) is 10.3. The molecule has 2 rings (SSSR count). The fraction of sp³-hybridized carbons (Fsp3) is 0.133. The lowest BCUT2D eigenvalue weighted by molar-refractivity contribution is 0.0951. The van der Waals surface area contributed by atoms with E-state index in [0.29, 0.717) is 27.9 Å². The third-order valence-corrected chi connectivity index (χ3v) is 4.08. The first-order valence-electron chi connectivity index (χ1n) is 6.07. The van der Waals surface area contributed by atoms with Crippen LogP contribution >= 0.6 is 39.1 Å². The van der Waals surface area contributed by atoms with Crippen LogP contribution in [0.5, 0.6) is 5.75 Å². The molecule has 0 aliphatic rings. The van der Waals surface area contributed by atoms with Gasteiger partial charge in [-0.2, -0.15) is 0 Å². The van der Waals surface area contributed by atoms with Crippen LogP contribution in [0.3, 0.4) is 0 Å². The number of benzene rings is 2. The standard InChI is InChI=1S/C15H12BrCl2NO2/c1-21-14-5-3-9(6-12(14)16)15(20)19-8-10-2-4-11(17)7-13(10)18/h2-7H,8H2,1H3,(H,19,20). The predicted octanol–water partition coefficient (Wildman–Crippen LogP) is 4.69. The summed E-state index contributed by atoms with van der Waals surface area (Å²) < 4.78 is 5.85. The smallest absolute Gasteiger partial charge is 0.251 e. The van der Waals surface area contributed by atoms with Crippen molar-refractivity contribution in [2.45, 2.75) is 6.54 Å². The highest BCUT2D eigenvalue weighted by Crippen LogP contribution is 2.25. The molecule has 0 saturated heterocycles. The Labute approximate surface area is 141 Å². The molecule has 110 valence electrons. The number of hydrogen-bond donors (Lipinski definition) is 1. The molecular formula is C15H12BrCl2NO2. The second kappa shape index (κ2) is 7.16. The molecule has 0 bridgehead atoms. The monoisotopic (exact) mass is 387 g/mol. The summed E-state index contributed by atoms with van der Waals surface area (Å²) in [5.74, 6) is 0.483. The fourth-order valence-corrected chi connectivity index (χ4v) is 2.77. The Morgan fingerprint density at radius 2 is 2.00 bits per heavy atom. The van der Waals surface area contributed by atoms with E-state index < -0.39 is 0 Å². The summed E-state index contributed by atoms with van der Waals surface area (Å²) in [4.78, 5) is 12.1. The molecule has 0 heterocycles. The molecule has 0 aliphatic heterocycles. The van der Waals surface area contributed by atoms with Gasteiger partial charge in [-0.25, -0.2) is 0 Å². The van der Waals surface area contributed by atoms with Gasteiger partial charge in [-0.3, -0.25) is 4.79 Å². The summed E-state index contributed by atoms with van der Waals surface area (Å²) in [5, 5.41) is 3.90. The van der Waals surface area contributed by atoms with Gasteiger partial charge < -0.3 is 10.1 Å². The van der Waals surface area contributed by atoms with Crippen molar-refractivity contribution in [2.24, 2.45) is 0 Å². The molecule has 0 unspecified atom stereocenters. The van der Waals surface area contributed by atoms with Crippen LogP contribution in [0, 0.1) is 0 Å². The maximum absolute atomic E-state index is 12.1. The van der Waals surface area contributed by atoms with E-state index in [2.05, 4.69) is 21.2 Å². The van der Waals surface area contributed by atoms with E-state index in [1.807, 2.05) is 0 Å². The predicted molar refractivity (Wildman–Crippen MR) is 88.3 cm³/mol. The number of hydrogen-bond acceptors (Lipinski definition) is 2. The first-order valence-corrected chi connectivity index (χ1v) is 7.62. The van der Waals surface area contributed by atoms with Crippen LogP contribution in [-0.2, 0) is 6.54 Å². The highest BCUT2D eigenvalue weighted by Gasteiger charge is 2.09. The third-order valence-electron chi connectivity index (χ3n) is 2.87. The molecule has 0 fully saturated rings. The van der Waals surface area contributed by atoms with E-state index >= 15 is 0 Å². The van der Waals surface area contributed by atoms with Gasteiger partial charge in [0, 0.05) is 22.2 Å². The Bertz CT molecular complexity index is 677. The minimum absolute atomic E-state index is 0.190. The van der Waals surface area contributed by atoms with Crippen LogP contribution in [0.25, 0.3) is 0 Å². The van der Waals surface area contributed by atoms with Gasteiger partial charge >= 0.3 is 0 Å². The van der Waals surface area contributed by atoms with Crippen molar-refractivity contribution < 1.29 is 9.53 Å². The summed E-state index contributed by atoms with van der Waals surface area (Å²) in [6.45, 7) is 0.332. The Morgan fingerprint density at radius 3 is 2.62 bits per heavy atom. The van der Waals surface area contributed by atoms with Crippen molar-refractivity contribution in [2.75, 3.05) is 7.11 Å². The van der Waals surface area contributed by atoms with Crippen molar-refractivity contribution in [1.82, 2.24) is 5.32 Å². The molecule has 0 atom stereocenters. The Balaban J connectivity index is 2.06. The molecule has 0 aromatic heterocycles. The number of amides is 1. The molecule has 0 spiro atoms. The van der Waals surface area contributed by atoms with Gasteiger partial charge in [0.2, 0.25) is 0 Å². The average molecular weight is 389 g/mol. The molecule has 0 saturated carbocycles. The first-order chi connectivity index (χ1) is 10.0. The zero-order valence-electron chi connectivity index (χ0n) is 11.1. The highest BCUT2D eigenvalue weighted by molar-refractivity contribution is 9.10. The van der Waals surface area contributed by atoms with Gasteiger partial charge in [-0.1, -0.05) is 29.3 Å². The van der Waals surface area contributed by atoms with E-state index in [4.69, 9.17) is 27.9 Å². The number of carbonyl (C=O) groups excluding carboxylic acids is 1. The maximum atomic E-state index is 12.1. The summed E-state index contributed by atoms with van der Waals surface area (Å²) in [6.07, 6.45) is 0. The van der Waals surface area contributed by atoms with Crippen LogP contribution in [0.15, 0.2) is 40.9 Å². The molecule has 3 nitrogen and oxygen atoms in total.